The molecule has 8 heteroatoms. The third-order valence-corrected chi connectivity index (χ3v) is 5.38. The lowest BCUT2D eigenvalue weighted by molar-refractivity contribution is -0.140. The second kappa shape index (κ2) is 5.90. The van der Waals surface area contributed by atoms with Crippen molar-refractivity contribution in [2.45, 2.75) is 23.8 Å². The predicted octanol–water partition coefficient (Wildman–Crippen LogP) is 0.941. The van der Waals surface area contributed by atoms with E-state index in [0.717, 1.165) is 4.31 Å². The molecule has 1 aromatic rings. The lowest BCUT2D eigenvalue weighted by Gasteiger charge is -2.22. The van der Waals surface area contributed by atoms with Gasteiger partial charge in [-0.1, -0.05) is 0 Å². The fraction of sp³-hybridized carbons (Fsp3) is 0.462. The Morgan fingerprint density at radius 3 is 2.62 bits per heavy atom. The summed E-state index contributed by atoms with van der Waals surface area (Å²) in [7, 11) is -1.18. The number of benzene rings is 1. The quantitative estimate of drug-likeness (QED) is 0.869. The average Bonchev–Trinajstić information content (AvgIpc) is 2.97. The molecule has 1 saturated heterocycles. The zero-order valence-electron chi connectivity index (χ0n) is 11.8. The Bertz CT molecular complexity index is 642. The molecule has 1 heterocycles. The van der Waals surface area contributed by atoms with E-state index in [1.165, 1.54) is 26.4 Å². The van der Waals surface area contributed by atoms with Crippen LogP contribution in [0, 0.1) is 0 Å². The van der Waals surface area contributed by atoms with Crippen molar-refractivity contribution >= 4 is 16.0 Å². The van der Waals surface area contributed by atoms with Gasteiger partial charge in [-0.3, -0.25) is 4.79 Å². The van der Waals surface area contributed by atoms with E-state index in [0.29, 0.717) is 18.6 Å². The molecule has 0 spiro atoms. The van der Waals surface area contributed by atoms with E-state index in [4.69, 9.17) is 14.6 Å². The highest BCUT2D eigenvalue weighted by Gasteiger charge is 2.40. The summed E-state index contributed by atoms with van der Waals surface area (Å²) in [5, 5.41) is 9.16. The molecule has 0 bridgehead atoms. The van der Waals surface area contributed by atoms with Crippen LogP contribution in [0.15, 0.2) is 23.1 Å². The maximum Gasteiger partial charge on any atom is 0.322 e. The third kappa shape index (κ3) is 2.81. The first kappa shape index (κ1) is 15.6. The minimum Gasteiger partial charge on any atom is -0.497 e. The number of carboxylic acid groups (broad SMARTS) is 1. The second-order valence-corrected chi connectivity index (χ2v) is 6.49. The van der Waals surface area contributed by atoms with Crippen LogP contribution >= 0.6 is 0 Å². The number of hydrogen-bond acceptors (Lipinski definition) is 5. The van der Waals surface area contributed by atoms with E-state index in [2.05, 4.69) is 0 Å². The van der Waals surface area contributed by atoms with Crippen molar-refractivity contribution in [2.75, 3.05) is 20.8 Å². The van der Waals surface area contributed by atoms with E-state index in [1.807, 2.05) is 0 Å². The van der Waals surface area contributed by atoms with Crippen LogP contribution in [0.1, 0.15) is 12.8 Å². The molecule has 1 aliphatic heterocycles. The Balaban J connectivity index is 2.50. The summed E-state index contributed by atoms with van der Waals surface area (Å²) in [6, 6.07) is 3.37. The summed E-state index contributed by atoms with van der Waals surface area (Å²) in [6.45, 7) is 0.180. The molecule has 2 rings (SSSR count). The standard InChI is InChI=1S/C13H17NO6S/c1-19-9-5-6-11(20-2)12(8-9)21(17,18)14-7-3-4-10(14)13(15)16/h5-6,8,10H,3-4,7H2,1-2H3,(H,15,16)/t10-/m1/s1. The van der Waals surface area contributed by atoms with Crippen LogP contribution in [-0.4, -0.2) is 50.6 Å². The SMILES string of the molecule is COc1ccc(OC)c(S(=O)(=O)N2CCC[C@@H]2C(=O)O)c1. The number of ether oxygens (including phenoxy) is 2. The van der Waals surface area contributed by atoms with Gasteiger partial charge in [0.25, 0.3) is 0 Å². The molecule has 1 aromatic carbocycles. The van der Waals surface area contributed by atoms with Crippen LogP contribution in [0.5, 0.6) is 11.5 Å². The summed E-state index contributed by atoms with van der Waals surface area (Å²) in [4.78, 5) is 11.1. The van der Waals surface area contributed by atoms with Gasteiger partial charge in [-0.25, -0.2) is 8.42 Å². The first-order valence-electron chi connectivity index (χ1n) is 6.38. The van der Waals surface area contributed by atoms with E-state index >= 15 is 0 Å². The normalized spacial score (nSPS) is 19.4. The molecule has 1 fully saturated rings. The summed E-state index contributed by atoms with van der Waals surface area (Å²) in [5.74, 6) is -0.620. The maximum absolute atomic E-state index is 12.7. The molecule has 1 aliphatic rings. The molecule has 0 radical (unpaired) electrons. The van der Waals surface area contributed by atoms with Crippen LogP contribution in [0.2, 0.25) is 0 Å². The van der Waals surface area contributed by atoms with Gasteiger partial charge in [0.1, 0.15) is 22.4 Å². The predicted molar refractivity (Wildman–Crippen MR) is 74.1 cm³/mol. The smallest absolute Gasteiger partial charge is 0.322 e. The minimum atomic E-state index is -3.96. The van der Waals surface area contributed by atoms with Crippen LogP contribution in [0.25, 0.3) is 0 Å². The van der Waals surface area contributed by atoms with Gasteiger partial charge < -0.3 is 14.6 Å². The van der Waals surface area contributed by atoms with Gasteiger partial charge in [-0.2, -0.15) is 4.31 Å². The van der Waals surface area contributed by atoms with Gasteiger partial charge >= 0.3 is 5.97 Å². The Kier molecular flexibility index (Phi) is 4.38. The largest absolute Gasteiger partial charge is 0.497 e. The van der Waals surface area contributed by atoms with E-state index in [1.54, 1.807) is 6.07 Å². The van der Waals surface area contributed by atoms with E-state index in [9.17, 15) is 13.2 Å². The Morgan fingerprint density at radius 1 is 1.33 bits per heavy atom. The van der Waals surface area contributed by atoms with Gasteiger partial charge in [0, 0.05) is 12.6 Å². The van der Waals surface area contributed by atoms with Crippen molar-refractivity contribution in [2.24, 2.45) is 0 Å². The molecule has 1 N–H and O–H groups in total. The third-order valence-electron chi connectivity index (χ3n) is 3.45. The number of hydrogen-bond donors (Lipinski definition) is 1. The number of methoxy groups -OCH3 is 2. The fourth-order valence-corrected chi connectivity index (χ4v) is 4.21. The number of sulfonamides is 1. The summed E-state index contributed by atoms with van der Waals surface area (Å²) in [5.41, 5.74) is 0. The van der Waals surface area contributed by atoms with Crippen molar-refractivity contribution in [1.29, 1.82) is 0 Å². The lowest BCUT2D eigenvalue weighted by Crippen LogP contribution is -2.40. The van der Waals surface area contributed by atoms with E-state index < -0.39 is 22.0 Å². The van der Waals surface area contributed by atoms with Gasteiger partial charge in [0.15, 0.2) is 0 Å². The van der Waals surface area contributed by atoms with Crippen molar-refractivity contribution in [3.63, 3.8) is 0 Å². The topological polar surface area (TPSA) is 93.1 Å². The Hall–Kier alpha value is -1.80. The summed E-state index contributed by atoms with van der Waals surface area (Å²) < 4.78 is 36.6. The molecule has 21 heavy (non-hydrogen) atoms. The molecule has 0 amide bonds. The number of rotatable bonds is 5. The molecule has 1 atom stereocenters. The maximum atomic E-state index is 12.7. The average molecular weight is 315 g/mol. The zero-order chi connectivity index (χ0) is 15.6. The van der Waals surface area contributed by atoms with Crippen molar-refractivity contribution in [3.8, 4) is 11.5 Å². The van der Waals surface area contributed by atoms with Crippen molar-refractivity contribution < 1.29 is 27.8 Å². The molecule has 7 nitrogen and oxygen atoms in total. The van der Waals surface area contributed by atoms with Gasteiger partial charge in [0.05, 0.1) is 14.2 Å². The van der Waals surface area contributed by atoms with Gasteiger partial charge in [-0.05, 0) is 25.0 Å². The zero-order valence-corrected chi connectivity index (χ0v) is 12.6. The highest BCUT2D eigenvalue weighted by atomic mass is 32.2. The summed E-state index contributed by atoms with van der Waals surface area (Å²) >= 11 is 0. The molecule has 0 saturated carbocycles. The highest BCUT2D eigenvalue weighted by Crippen LogP contribution is 2.33. The number of carboxylic acids is 1. The molecule has 0 aliphatic carbocycles. The Morgan fingerprint density at radius 2 is 2.05 bits per heavy atom. The molecule has 0 aromatic heterocycles. The molecule has 0 unspecified atom stereocenters. The van der Waals surface area contributed by atoms with Crippen LogP contribution in [-0.2, 0) is 14.8 Å². The second-order valence-electron chi connectivity index (χ2n) is 4.63. The number of carbonyl (C=O) groups is 1. The van der Waals surface area contributed by atoms with Gasteiger partial charge in [-0.15, -0.1) is 0 Å². The van der Waals surface area contributed by atoms with E-state index in [-0.39, 0.29) is 17.2 Å². The van der Waals surface area contributed by atoms with Crippen LogP contribution in [0.3, 0.4) is 0 Å². The van der Waals surface area contributed by atoms with Crippen molar-refractivity contribution in [1.82, 2.24) is 4.31 Å². The number of aliphatic carboxylic acids is 1. The number of nitrogens with zero attached hydrogens (tertiary/aromatic N) is 1. The fourth-order valence-electron chi connectivity index (χ4n) is 2.39. The lowest BCUT2D eigenvalue weighted by atomic mass is 10.2. The highest BCUT2D eigenvalue weighted by molar-refractivity contribution is 7.89. The molecular formula is C13H17NO6S. The van der Waals surface area contributed by atoms with Crippen LogP contribution in [0.4, 0.5) is 0 Å². The van der Waals surface area contributed by atoms with Crippen LogP contribution < -0.4 is 9.47 Å². The Labute approximate surface area is 123 Å². The minimum absolute atomic E-state index is 0.0856. The van der Waals surface area contributed by atoms with Gasteiger partial charge in [0.2, 0.25) is 10.0 Å². The first-order chi connectivity index (χ1) is 9.91. The monoisotopic (exact) mass is 315 g/mol. The summed E-state index contributed by atoms with van der Waals surface area (Å²) in [6.07, 6.45) is 0.823. The molecule has 116 valence electrons. The van der Waals surface area contributed by atoms with Crippen molar-refractivity contribution in [3.05, 3.63) is 18.2 Å². The molecular weight excluding hydrogens is 298 g/mol. The first-order valence-corrected chi connectivity index (χ1v) is 7.82.